The fourth-order valence-corrected chi connectivity index (χ4v) is 3.11. The minimum absolute atomic E-state index is 0.522. The van der Waals surface area contributed by atoms with Crippen LogP contribution >= 0.6 is 11.3 Å². The van der Waals surface area contributed by atoms with Crippen LogP contribution in [0, 0.1) is 5.92 Å². The van der Waals surface area contributed by atoms with E-state index in [2.05, 4.69) is 34.8 Å². The van der Waals surface area contributed by atoms with Gasteiger partial charge in [0.15, 0.2) is 0 Å². The first kappa shape index (κ1) is 13.0. The molecule has 1 saturated heterocycles. The molecule has 3 nitrogen and oxygen atoms in total. The van der Waals surface area contributed by atoms with Gasteiger partial charge >= 0.3 is 0 Å². The molecule has 1 aliphatic heterocycles. The Morgan fingerprint density at radius 1 is 1.65 bits per heavy atom. The predicted octanol–water partition coefficient (Wildman–Crippen LogP) is 2.22. The predicted molar refractivity (Wildman–Crippen MR) is 73.6 cm³/mol. The number of thiazole rings is 1. The van der Waals surface area contributed by atoms with Crippen molar-refractivity contribution in [2.75, 3.05) is 19.6 Å². The summed E-state index contributed by atoms with van der Waals surface area (Å²) in [4.78, 5) is 4.36. The molecule has 0 bridgehead atoms. The Morgan fingerprint density at radius 3 is 3.24 bits per heavy atom. The minimum Gasteiger partial charge on any atom is -0.314 e. The van der Waals surface area contributed by atoms with Gasteiger partial charge in [-0.15, -0.1) is 11.3 Å². The van der Waals surface area contributed by atoms with Gasteiger partial charge in [-0.25, -0.2) is 4.98 Å². The van der Waals surface area contributed by atoms with E-state index in [4.69, 9.17) is 0 Å². The Hall–Kier alpha value is -0.450. The zero-order valence-electron chi connectivity index (χ0n) is 10.8. The van der Waals surface area contributed by atoms with Gasteiger partial charge in [-0.2, -0.15) is 0 Å². The second kappa shape index (κ2) is 6.47. The van der Waals surface area contributed by atoms with Crippen LogP contribution in [-0.4, -0.2) is 30.7 Å². The maximum atomic E-state index is 4.36. The summed E-state index contributed by atoms with van der Waals surface area (Å²) in [5.74, 6) is 1.32. The first-order valence-corrected chi connectivity index (χ1v) is 7.49. The number of nitrogens with one attached hydrogen (secondary N) is 2. The van der Waals surface area contributed by atoms with Crippen molar-refractivity contribution < 1.29 is 0 Å². The molecule has 2 heterocycles. The highest BCUT2D eigenvalue weighted by Crippen LogP contribution is 2.17. The zero-order valence-corrected chi connectivity index (χ0v) is 11.6. The van der Waals surface area contributed by atoms with Crippen LogP contribution in [0.2, 0.25) is 0 Å². The number of nitrogens with zero attached hydrogens (tertiary/aromatic N) is 1. The third-order valence-corrected chi connectivity index (χ3v) is 4.62. The smallest absolute Gasteiger partial charge is 0.0965 e. The highest BCUT2D eigenvalue weighted by molar-refractivity contribution is 7.09. The Labute approximate surface area is 108 Å². The highest BCUT2D eigenvalue weighted by Gasteiger charge is 2.20. The van der Waals surface area contributed by atoms with Gasteiger partial charge in [-0.05, 0) is 25.3 Å². The average molecular weight is 253 g/mol. The zero-order chi connectivity index (χ0) is 12.1. The first-order chi connectivity index (χ1) is 8.27. The fraction of sp³-hybridized carbons (Fsp3) is 0.769. The Kier molecular flexibility index (Phi) is 4.95. The van der Waals surface area contributed by atoms with Gasteiger partial charge in [0.05, 0.1) is 5.01 Å². The molecule has 2 rings (SSSR count). The summed E-state index contributed by atoms with van der Waals surface area (Å²) in [5.41, 5.74) is 0. The lowest BCUT2D eigenvalue weighted by molar-refractivity contribution is 0.290. The average Bonchev–Trinajstić information content (AvgIpc) is 2.85. The normalized spacial score (nSPS) is 26.9. The van der Waals surface area contributed by atoms with Crippen LogP contribution in [0.5, 0.6) is 0 Å². The molecule has 0 radical (unpaired) electrons. The van der Waals surface area contributed by atoms with Gasteiger partial charge < -0.3 is 10.6 Å². The summed E-state index contributed by atoms with van der Waals surface area (Å²) in [5, 5.41) is 10.5. The molecule has 3 unspecified atom stereocenters. The minimum atomic E-state index is 0.522. The van der Waals surface area contributed by atoms with Crippen molar-refractivity contribution in [1.82, 2.24) is 15.6 Å². The van der Waals surface area contributed by atoms with Crippen LogP contribution < -0.4 is 10.6 Å². The van der Waals surface area contributed by atoms with E-state index < -0.39 is 0 Å². The largest absolute Gasteiger partial charge is 0.314 e. The maximum absolute atomic E-state index is 4.36. The fourth-order valence-electron chi connectivity index (χ4n) is 2.41. The molecule has 0 saturated carbocycles. The monoisotopic (exact) mass is 253 g/mol. The van der Waals surface area contributed by atoms with Gasteiger partial charge in [0.25, 0.3) is 0 Å². The van der Waals surface area contributed by atoms with Gasteiger partial charge in [0, 0.05) is 36.6 Å². The molecule has 17 heavy (non-hydrogen) atoms. The Bertz CT molecular complexity index is 312. The molecule has 0 aromatic carbocycles. The van der Waals surface area contributed by atoms with Crippen molar-refractivity contribution in [1.29, 1.82) is 0 Å². The molecule has 1 aromatic heterocycles. The molecule has 96 valence electrons. The van der Waals surface area contributed by atoms with E-state index in [0.717, 1.165) is 19.0 Å². The van der Waals surface area contributed by atoms with Crippen molar-refractivity contribution in [2.45, 2.75) is 38.6 Å². The van der Waals surface area contributed by atoms with Crippen molar-refractivity contribution in [2.24, 2.45) is 5.92 Å². The van der Waals surface area contributed by atoms with E-state index in [1.54, 1.807) is 11.3 Å². The van der Waals surface area contributed by atoms with Gasteiger partial charge in [0.1, 0.15) is 0 Å². The number of rotatable bonds is 5. The van der Waals surface area contributed by atoms with Crippen LogP contribution in [0.15, 0.2) is 11.6 Å². The summed E-state index contributed by atoms with van der Waals surface area (Å²) in [6.07, 6.45) is 4.58. The van der Waals surface area contributed by atoms with Gasteiger partial charge in [-0.3, -0.25) is 0 Å². The third-order valence-electron chi connectivity index (χ3n) is 3.62. The summed E-state index contributed by atoms with van der Waals surface area (Å²) < 4.78 is 0. The lowest BCUT2D eigenvalue weighted by Gasteiger charge is -2.30. The van der Waals surface area contributed by atoms with Gasteiger partial charge in [-0.1, -0.05) is 13.8 Å². The molecule has 0 aliphatic carbocycles. The van der Waals surface area contributed by atoms with Crippen molar-refractivity contribution >= 4 is 11.3 Å². The summed E-state index contributed by atoms with van der Waals surface area (Å²) in [6.45, 7) is 7.88. The van der Waals surface area contributed by atoms with Crippen LogP contribution in [0.1, 0.15) is 37.6 Å². The van der Waals surface area contributed by atoms with Crippen LogP contribution in [0.3, 0.4) is 0 Å². The maximum Gasteiger partial charge on any atom is 0.0965 e. The van der Waals surface area contributed by atoms with E-state index >= 15 is 0 Å². The molecule has 1 fully saturated rings. The van der Waals surface area contributed by atoms with Crippen molar-refractivity contribution in [3.05, 3.63) is 16.6 Å². The number of piperidine rings is 1. The van der Waals surface area contributed by atoms with E-state index in [-0.39, 0.29) is 0 Å². The lowest BCUT2D eigenvalue weighted by atomic mass is 9.93. The molecular formula is C13H23N3S. The Morgan fingerprint density at radius 2 is 2.53 bits per heavy atom. The van der Waals surface area contributed by atoms with E-state index in [0.29, 0.717) is 12.0 Å². The van der Waals surface area contributed by atoms with Crippen molar-refractivity contribution in [3.8, 4) is 0 Å². The second-order valence-electron chi connectivity index (χ2n) is 5.11. The third kappa shape index (κ3) is 3.76. The van der Waals surface area contributed by atoms with Crippen LogP contribution in [0.4, 0.5) is 0 Å². The lowest BCUT2D eigenvalue weighted by Crippen LogP contribution is -2.47. The van der Waals surface area contributed by atoms with E-state index in [1.165, 1.54) is 24.4 Å². The molecule has 1 aromatic rings. The topological polar surface area (TPSA) is 37.0 Å². The number of hydrogen-bond donors (Lipinski definition) is 2. The molecule has 4 heteroatoms. The standard InChI is InChI=1S/C13H23N3S/c1-10-4-3-5-15-12(10)9-14-8-11(2)13-16-6-7-17-13/h6-7,10-12,14-15H,3-5,8-9H2,1-2H3. The van der Waals surface area contributed by atoms with Crippen LogP contribution in [-0.2, 0) is 0 Å². The molecule has 0 amide bonds. The number of hydrogen-bond acceptors (Lipinski definition) is 4. The van der Waals surface area contributed by atoms with Crippen molar-refractivity contribution in [3.63, 3.8) is 0 Å². The molecule has 2 N–H and O–H groups in total. The quantitative estimate of drug-likeness (QED) is 0.845. The first-order valence-electron chi connectivity index (χ1n) is 6.61. The summed E-state index contributed by atoms with van der Waals surface area (Å²) in [6, 6.07) is 0.646. The van der Waals surface area contributed by atoms with Crippen LogP contribution in [0.25, 0.3) is 0 Å². The SMILES string of the molecule is CC(CNCC1NCCCC1C)c1nccs1. The summed E-state index contributed by atoms with van der Waals surface area (Å²) in [7, 11) is 0. The van der Waals surface area contributed by atoms with E-state index in [9.17, 15) is 0 Å². The molecule has 0 spiro atoms. The Balaban J connectivity index is 1.68. The number of aromatic nitrogens is 1. The molecular weight excluding hydrogens is 230 g/mol. The van der Waals surface area contributed by atoms with Gasteiger partial charge in [0.2, 0.25) is 0 Å². The molecule has 1 aliphatic rings. The summed E-state index contributed by atoms with van der Waals surface area (Å²) >= 11 is 1.75. The second-order valence-corrected chi connectivity index (χ2v) is 6.04. The van der Waals surface area contributed by atoms with E-state index in [1.807, 2.05) is 6.20 Å². The highest BCUT2D eigenvalue weighted by atomic mass is 32.1. The molecule has 3 atom stereocenters.